The van der Waals surface area contributed by atoms with Crippen LogP contribution < -0.4 is 14.8 Å². The van der Waals surface area contributed by atoms with E-state index in [0.717, 1.165) is 27.9 Å². The van der Waals surface area contributed by atoms with Crippen molar-refractivity contribution >= 4 is 40.6 Å². The van der Waals surface area contributed by atoms with Crippen molar-refractivity contribution in [1.29, 1.82) is 0 Å². The zero-order valence-corrected chi connectivity index (χ0v) is 26.9. The SMILES string of the molecule is COc1ccc(C(=O)NCc2nnc(SCC(=O)N3N=C(c4cccs4)C[C@@H]3c3ccc(F)cc3)n2-c2ccc(F)cc2)cc1OC. The fraction of sp³-hybridized carbons (Fsp3) is 0.182. The molecule has 1 aliphatic rings. The maximum atomic E-state index is 13.8. The van der Waals surface area contributed by atoms with E-state index in [-0.39, 0.29) is 29.9 Å². The van der Waals surface area contributed by atoms with Gasteiger partial charge in [0.1, 0.15) is 11.6 Å². The van der Waals surface area contributed by atoms with Gasteiger partial charge in [-0.15, -0.1) is 21.5 Å². The average Bonchev–Trinajstić information content (AvgIpc) is 3.87. The number of carbonyl (C=O) groups excluding carboxylic acids is 2. The second kappa shape index (κ2) is 14.1. The molecule has 0 radical (unpaired) electrons. The van der Waals surface area contributed by atoms with Gasteiger partial charge in [-0.1, -0.05) is 30.0 Å². The van der Waals surface area contributed by atoms with Gasteiger partial charge in [-0.05, 0) is 71.6 Å². The van der Waals surface area contributed by atoms with Crippen molar-refractivity contribution in [2.75, 3.05) is 20.0 Å². The molecule has 0 bridgehead atoms. The van der Waals surface area contributed by atoms with Crippen LogP contribution in [0.5, 0.6) is 11.5 Å². The average molecular weight is 675 g/mol. The first-order chi connectivity index (χ1) is 22.8. The molecule has 2 aromatic heterocycles. The van der Waals surface area contributed by atoms with E-state index in [2.05, 4.69) is 20.6 Å². The van der Waals surface area contributed by atoms with Crippen LogP contribution in [0, 0.1) is 11.6 Å². The zero-order chi connectivity index (χ0) is 32.9. The molecule has 6 rings (SSSR count). The van der Waals surface area contributed by atoms with Gasteiger partial charge in [-0.25, -0.2) is 13.8 Å². The molecular formula is C33H28F2N6O4S2. The third-order valence-electron chi connectivity index (χ3n) is 7.39. The Morgan fingerprint density at radius 1 is 0.957 bits per heavy atom. The summed E-state index contributed by atoms with van der Waals surface area (Å²) in [5.41, 5.74) is 2.43. The van der Waals surface area contributed by atoms with Gasteiger partial charge in [0.25, 0.3) is 11.8 Å². The lowest BCUT2D eigenvalue weighted by atomic mass is 10.0. The van der Waals surface area contributed by atoms with Gasteiger partial charge in [0.15, 0.2) is 22.5 Å². The summed E-state index contributed by atoms with van der Waals surface area (Å²) < 4.78 is 39.8. The van der Waals surface area contributed by atoms with Crippen molar-refractivity contribution in [3.8, 4) is 17.2 Å². The Labute approximate surface area is 277 Å². The molecule has 0 aliphatic carbocycles. The van der Waals surface area contributed by atoms with Crippen molar-refractivity contribution in [3.05, 3.63) is 118 Å². The minimum atomic E-state index is -0.421. The summed E-state index contributed by atoms with van der Waals surface area (Å²) in [4.78, 5) is 27.7. The minimum absolute atomic E-state index is 0.0146. The van der Waals surface area contributed by atoms with Gasteiger partial charge < -0.3 is 14.8 Å². The topological polar surface area (TPSA) is 111 Å². The number of nitrogens with one attached hydrogen (secondary N) is 1. The van der Waals surface area contributed by atoms with Gasteiger partial charge in [0, 0.05) is 17.7 Å². The molecule has 1 atom stereocenters. The fourth-order valence-electron chi connectivity index (χ4n) is 5.07. The number of thioether (sulfide) groups is 1. The predicted octanol–water partition coefficient (Wildman–Crippen LogP) is 6.02. The summed E-state index contributed by atoms with van der Waals surface area (Å²) in [7, 11) is 2.99. The minimum Gasteiger partial charge on any atom is -0.493 e. The number of methoxy groups -OCH3 is 2. The Kier molecular flexibility index (Phi) is 9.59. The molecular weight excluding hydrogens is 647 g/mol. The number of hydrazone groups is 1. The molecule has 14 heteroatoms. The zero-order valence-electron chi connectivity index (χ0n) is 25.2. The highest BCUT2D eigenvalue weighted by Crippen LogP contribution is 2.35. The van der Waals surface area contributed by atoms with Crippen LogP contribution in [0.1, 0.15) is 39.1 Å². The summed E-state index contributed by atoms with van der Waals surface area (Å²) in [5.74, 6) is -0.241. The molecule has 1 N–H and O–H groups in total. The highest BCUT2D eigenvalue weighted by Gasteiger charge is 2.34. The van der Waals surface area contributed by atoms with E-state index in [0.29, 0.717) is 40.2 Å². The third kappa shape index (κ3) is 7.03. The van der Waals surface area contributed by atoms with E-state index < -0.39 is 11.9 Å². The molecule has 3 heterocycles. The molecule has 0 unspecified atom stereocenters. The predicted molar refractivity (Wildman–Crippen MR) is 174 cm³/mol. The molecule has 5 aromatic rings. The van der Waals surface area contributed by atoms with E-state index in [1.807, 2.05) is 17.5 Å². The smallest absolute Gasteiger partial charge is 0.253 e. The molecule has 0 saturated carbocycles. The summed E-state index contributed by atoms with van der Waals surface area (Å²) in [6.07, 6.45) is 0.484. The number of benzene rings is 3. The van der Waals surface area contributed by atoms with E-state index in [1.54, 1.807) is 47.0 Å². The number of halogens is 2. The van der Waals surface area contributed by atoms with E-state index in [1.165, 1.54) is 54.8 Å². The van der Waals surface area contributed by atoms with Crippen LogP contribution in [0.25, 0.3) is 5.69 Å². The largest absolute Gasteiger partial charge is 0.493 e. The van der Waals surface area contributed by atoms with Crippen LogP contribution in [0.2, 0.25) is 0 Å². The number of hydrogen-bond acceptors (Lipinski definition) is 9. The lowest BCUT2D eigenvalue weighted by Crippen LogP contribution is -2.28. The maximum absolute atomic E-state index is 13.8. The Bertz CT molecular complexity index is 1910. The second-order valence-corrected chi connectivity index (χ2v) is 12.2. The van der Waals surface area contributed by atoms with E-state index >= 15 is 0 Å². The van der Waals surface area contributed by atoms with Crippen LogP contribution in [-0.4, -0.2) is 57.3 Å². The lowest BCUT2D eigenvalue weighted by molar-refractivity contribution is -0.130. The third-order valence-corrected chi connectivity index (χ3v) is 9.22. The first-order valence-electron chi connectivity index (χ1n) is 14.4. The number of thiophene rings is 1. The van der Waals surface area contributed by atoms with Crippen LogP contribution in [0.15, 0.2) is 94.5 Å². The number of aromatic nitrogens is 3. The van der Waals surface area contributed by atoms with Gasteiger partial charge >= 0.3 is 0 Å². The van der Waals surface area contributed by atoms with E-state index in [4.69, 9.17) is 9.47 Å². The Morgan fingerprint density at radius 2 is 1.68 bits per heavy atom. The summed E-state index contributed by atoms with van der Waals surface area (Å²) in [6, 6.07) is 20.1. The molecule has 240 valence electrons. The monoisotopic (exact) mass is 674 g/mol. The first kappa shape index (κ1) is 31.9. The molecule has 0 spiro atoms. The quantitative estimate of drug-likeness (QED) is 0.171. The van der Waals surface area contributed by atoms with Crippen LogP contribution in [-0.2, 0) is 11.3 Å². The standard InChI is InChI=1S/C33H28F2N6O4S2/c1-44-27-14-7-21(16-28(27)45-2)32(43)36-18-30-37-38-33(40(30)24-12-10-23(35)11-13-24)47-19-31(42)41-26(20-5-8-22(34)9-6-20)17-25(39-41)29-4-3-15-46-29/h3-16,26H,17-19H2,1-2H3,(H,36,43)/t26-/m1/s1. The highest BCUT2D eigenvalue weighted by molar-refractivity contribution is 7.99. The molecule has 0 fully saturated rings. The molecule has 1 aliphatic heterocycles. The number of carbonyl (C=O) groups is 2. The summed E-state index contributed by atoms with van der Waals surface area (Å²) in [6.45, 7) is -0.0146. The molecule has 47 heavy (non-hydrogen) atoms. The van der Waals surface area contributed by atoms with Crippen molar-refractivity contribution < 1.29 is 27.8 Å². The highest BCUT2D eigenvalue weighted by atomic mass is 32.2. The molecule has 3 aromatic carbocycles. The van der Waals surface area contributed by atoms with Crippen molar-refractivity contribution in [2.24, 2.45) is 5.10 Å². The van der Waals surface area contributed by atoms with Gasteiger partial charge in [-0.3, -0.25) is 14.2 Å². The molecule has 0 saturated heterocycles. The maximum Gasteiger partial charge on any atom is 0.253 e. The number of nitrogens with zero attached hydrogens (tertiary/aromatic N) is 5. The van der Waals surface area contributed by atoms with Gasteiger partial charge in [0.05, 0.1) is 43.1 Å². The van der Waals surface area contributed by atoms with Crippen LogP contribution in [0.3, 0.4) is 0 Å². The normalized spacial score (nSPS) is 14.2. The fourth-order valence-corrected chi connectivity index (χ4v) is 6.61. The summed E-state index contributed by atoms with van der Waals surface area (Å²) >= 11 is 2.67. The molecule has 2 amide bonds. The molecule has 10 nitrogen and oxygen atoms in total. The van der Waals surface area contributed by atoms with Crippen LogP contribution in [0.4, 0.5) is 8.78 Å². The van der Waals surface area contributed by atoms with Crippen molar-refractivity contribution in [1.82, 2.24) is 25.1 Å². The summed E-state index contributed by atoms with van der Waals surface area (Å²) in [5, 5.41) is 19.8. The van der Waals surface area contributed by atoms with E-state index in [9.17, 15) is 18.4 Å². The number of rotatable bonds is 11. The Hall–Kier alpha value is -5.08. The first-order valence-corrected chi connectivity index (χ1v) is 16.2. The lowest BCUT2D eigenvalue weighted by Gasteiger charge is -2.22. The number of hydrogen-bond donors (Lipinski definition) is 1. The number of ether oxygens (including phenoxy) is 2. The Balaban J connectivity index is 1.22. The van der Waals surface area contributed by atoms with Crippen molar-refractivity contribution in [3.63, 3.8) is 0 Å². The van der Waals surface area contributed by atoms with Gasteiger partial charge in [-0.2, -0.15) is 5.10 Å². The van der Waals surface area contributed by atoms with Gasteiger partial charge in [0.2, 0.25) is 0 Å². The van der Waals surface area contributed by atoms with Crippen LogP contribution >= 0.6 is 23.1 Å². The second-order valence-electron chi connectivity index (χ2n) is 10.3. The Morgan fingerprint density at radius 3 is 2.36 bits per heavy atom. The van der Waals surface area contributed by atoms with Crippen molar-refractivity contribution in [2.45, 2.75) is 24.2 Å². The number of amides is 2.